The van der Waals surface area contributed by atoms with E-state index in [1.165, 1.54) is 0 Å². The van der Waals surface area contributed by atoms with E-state index < -0.39 is 0 Å². The molecule has 1 aliphatic rings. The van der Waals surface area contributed by atoms with Crippen LogP contribution in [-0.4, -0.2) is 25.9 Å². The van der Waals surface area contributed by atoms with E-state index in [9.17, 15) is 0 Å². The van der Waals surface area contributed by atoms with E-state index in [0.717, 1.165) is 39.1 Å². The third-order valence-corrected chi connectivity index (χ3v) is 1.67. The smallest absolute Gasteiger partial charge is 0.0619 e. The van der Waals surface area contributed by atoms with E-state index in [-0.39, 0.29) is 0 Å². The van der Waals surface area contributed by atoms with Crippen LogP contribution in [-0.2, 0) is 9.47 Å². The first-order valence-electron chi connectivity index (χ1n) is 3.92. The third kappa shape index (κ3) is 2.67. The molecule has 0 aromatic heterocycles. The van der Waals surface area contributed by atoms with Gasteiger partial charge in [-0.25, -0.2) is 0 Å². The fourth-order valence-corrected chi connectivity index (χ4v) is 1.09. The molecule has 0 aliphatic carbocycles. The molecule has 59 valence electrons. The topological polar surface area (TPSA) is 18.5 Å². The van der Waals surface area contributed by atoms with Crippen LogP contribution < -0.4 is 0 Å². The van der Waals surface area contributed by atoms with E-state index in [2.05, 4.69) is 6.92 Å². The lowest BCUT2D eigenvalue weighted by atomic mass is 10.1. The zero-order valence-corrected chi connectivity index (χ0v) is 6.34. The van der Waals surface area contributed by atoms with Gasteiger partial charge in [0.05, 0.1) is 6.10 Å². The summed E-state index contributed by atoms with van der Waals surface area (Å²) in [7, 11) is 0. The zero-order chi connectivity index (χ0) is 7.23. The molecule has 0 atom stereocenters. The number of ether oxygens (including phenoxy) is 2. The van der Waals surface area contributed by atoms with E-state index in [0.29, 0.717) is 6.10 Å². The molecule has 0 amide bonds. The zero-order valence-electron chi connectivity index (χ0n) is 6.34. The fourth-order valence-electron chi connectivity index (χ4n) is 1.09. The van der Waals surface area contributed by atoms with Crippen LogP contribution in [0.4, 0.5) is 0 Å². The summed E-state index contributed by atoms with van der Waals surface area (Å²) >= 11 is 0. The minimum atomic E-state index is 0.440. The van der Waals surface area contributed by atoms with Gasteiger partial charge in [0.15, 0.2) is 0 Å². The Morgan fingerprint density at radius 1 is 1.40 bits per heavy atom. The predicted molar refractivity (Wildman–Crippen MR) is 39.8 cm³/mol. The van der Waals surface area contributed by atoms with Crippen LogP contribution in [0.2, 0.25) is 0 Å². The average molecular weight is 143 g/mol. The molecule has 10 heavy (non-hydrogen) atoms. The monoisotopic (exact) mass is 143 g/mol. The van der Waals surface area contributed by atoms with Crippen molar-refractivity contribution in [2.24, 2.45) is 0 Å². The number of hydrogen-bond donors (Lipinski definition) is 0. The first-order valence-corrected chi connectivity index (χ1v) is 3.92. The molecule has 1 radical (unpaired) electrons. The van der Waals surface area contributed by atoms with E-state index in [1.807, 2.05) is 0 Å². The van der Waals surface area contributed by atoms with Gasteiger partial charge in [0.25, 0.3) is 0 Å². The van der Waals surface area contributed by atoms with Crippen LogP contribution in [0.25, 0.3) is 0 Å². The lowest BCUT2D eigenvalue weighted by Crippen LogP contribution is -2.23. The van der Waals surface area contributed by atoms with Crippen LogP contribution in [0, 0.1) is 6.92 Å². The normalized spacial score (nSPS) is 21.3. The SMILES string of the molecule is [CH2]CCOC1CCOCC1. The highest BCUT2D eigenvalue weighted by Gasteiger charge is 2.12. The molecule has 1 rings (SSSR count). The molecule has 2 heteroatoms. The minimum Gasteiger partial charge on any atom is -0.381 e. The quantitative estimate of drug-likeness (QED) is 0.594. The molecule has 1 aliphatic heterocycles. The van der Waals surface area contributed by atoms with Crippen molar-refractivity contribution in [1.29, 1.82) is 0 Å². The van der Waals surface area contributed by atoms with Crippen molar-refractivity contribution in [3.8, 4) is 0 Å². The molecule has 1 saturated heterocycles. The van der Waals surface area contributed by atoms with Gasteiger partial charge in [-0.15, -0.1) is 0 Å². The molecule has 0 spiro atoms. The Hall–Kier alpha value is -0.0800. The molecule has 0 bridgehead atoms. The van der Waals surface area contributed by atoms with Crippen LogP contribution in [0.15, 0.2) is 0 Å². The molecule has 0 N–H and O–H groups in total. The molecule has 0 unspecified atom stereocenters. The van der Waals surface area contributed by atoms with Gasteiger partial charge in [-0.2, -0.15) is 0 Å². The summed E-state index contributed by atoms with van der Waals surface area (Å²) in [5.41, 5.74) is 0. The maximum Gasteiger partial charge on any atom is 0.0619 e. The number of rotatable bonds is 3. The van der Waals surface area contributed by atoms with Gasteiger partial charge in [-0.1, -0.05) is 6.92 Å². The minimum absolute atomic E-state index is 0.440. The Labute approximate surface area is 62.5 Å². The fraction of sp³-hybridized carbons (Fsp3) is 0.875. The maximum atomic E-state index is 5.49. The van der Waals surface area contributed by atoms with Crippen LogP contribution >= 0.6 is 0 Å². The van der Waals surface area contributed by atoms with Crippen LogP contribution in [0.1, 0.15) is 19.3 Å². The Bertz CT molecular complexity index is 77.3. The lowest BCUT2D eigenvalue weighted by Gasteiger charge is -2.21. The first kappa shape index (κ1) is 8.02. The molecule has 1 heterocycles. The lowest BCUT2D eigenvalue weighted by molar-refractivity contribution is -0.0303. The number of hydrogen-bond acceptors (Lipinski definition) is 2. The summed E-state index contributed by atoms with van der Waals surface area (Å²) in [5, 5.41) is 0. The van der Waals surface area contributed by atoms with Gasteiger partial charge in [-0.3, -0.25) is 0 Å². The van der Waals surface area contributed by atoms with Gasteiger partial charge < -0.3 is 9.47 Å². The highest BCUT2D eigenvalue weighted by Crippen LogP contribution is 2.10. The van der Waals surface area contributed by atoms with Crippen molar-refractivity contribution in [1.82, 2.24) is 0 Å². The second-order valence-corrected chi connectivity index (χ2v) is 2.54. The van der Waals surface area contributed by atoms with Crippen molar-refractivity contribution < 1.29 is 9.47 Å². The Kier molecular flexibility index (Phi) is 3.76. The van der Waals surface area contributed by atoms with Crippen LogP contribution in [0.5, 0.6) is 0 Å². The highest BCUT2D eigenvalue weighted by atomic mass is 16.5. The summed E-state index contributed by atoms with van der Waals surface area (Å²) in [5.74, 6) is 0. The van der Waals surface area contributed by atoms with Gasteiger partial charge in [0.1, 0.15) is 0 Å². The molecular formula is C8H15O2. The highest BCUT2D eigenvalue weighted by molar-refractivity contribution is 4.62. The largest absolute Gasteiger partial charge is 0.381 e. The summed E-state index contributed by atoms with van der Waals surface area (Å²) in [6, 6.07) is 0. The van der Waals surface area contributed by atoms with Gasteiger partial charge in [0.2, 0.25) is 0 Å². The van der Waals surface area contributed by atoms with Crippen molar-refractivity contribution in [3.63, 3.8) is 0 Å². The second-order valence-electron chi connectivity index (χ2n) is 2.54. The standard InChI is InChI=1S/C8H15O2/c1-2-5-10-8-3-6-9-7-4-8/h8H,1-7H2. The van der Waals surface area contributed by atoms with Crippen molar-refractivity contribution >= 4 is 0 Å². The van der Waals surface area contributed by atoms with Crippen LogP contribution in [0.3, 0.4) is 0 Å². The third-order valence-electron chi connectivity index (χ3n) is 1.67. The van der Waals surface area contributed by atoms with Crippen molar-refractivity contribution in [2.75, 3.05) is 19.8 Å². The van der Waals surface area contributed by atoms with Gasteiger partial charge in [0, 0.05) is 19.8 Å². The maximum absolute atomic E-state index is 5.49. The molecule has 0 aromatic rings. The second kappa shape index (κ2) is 4.69. The predicted octanol–water partition coefficient (Wildman–Crippen LogP) is 1.41. The Morgan fingerprint density at radius 3 is 2.70 bits per heavy atom. The summed E-state index contributed by atoms with van der Waals surface area (Å²) < 4.78 is 10.7. The Morgan fingerprint density at radius 2 is 2.10 bits per heavy atom. The van der Waals surface area contributed by atoms with E-state index in [4.69, 9.17) is 9.47 Å². The van der Waals surface area contributed by atoms with Gasteiger partial charge >= 0.3 is 0 Å². The molecule has 1 fully saturated rings. The Balaban J connectivity index is 2.02. The molecule has 2 nitrogen and oxygen atoms in total. The summed E-state index contributed by atoms with van der Waals surface area (Å²) in [6.45, 7) is 6.24. The average Bonchev–Trinajstić information content (AvgIpc) is 2.03. The summed E-state index contributed by atoms with van der Waals surface area (Å²) in [4.78, 5) is 0. The van der Waals surface area contributed by atoms with Crippen molar-refractivity contribution in [3.05, 3.63) is 6.92 Å². The summed E-state index contributed by atoms with van der Waals surface area (Å²) in [6.07, 6.45) is 3.42. The molecular weight excluding hydrogens is 128 g/mol. The molecule has 0 saturated carbocycles. The van der Waals surface area contributed by atoms with Gasteiger partial charge in [-0.05, 0) is 19.3 Å². The van der Waals surface area contributed by atoms with Crippen molar-refractivity contribution in [2.45, 2.75) is 25.4 Å². The van der Waals surface area contributed by atoms with E-state index >= 15 is 0 Å². The molecule has 0 aromatic carbocycles. The van der Waals surface area contributed by atoms with E-state index in [1.54, 1.807) is 0 Å². The first-order chi connectivity index (χ1) is 4.93.